The summed E-state index contributed by atoms with van der Waals surface area (Å²) in [6.45, 7) is 6.20. The van der Waals surface area contributed by atoms with Gasteiger partial charge >= 0.3 is 11.9 Å². The summed E-state index contributed by atoms with van der Waals surface area (Å²) in [5, 5.41) is 18.3. The van der Waals surface area contributed by atoms with Crippen LogP contribution in [0.25, 0.3) is 0 Å². The van der Waals surface area contributed by atoms with Crippen molar-refractivity contribution in [2.75, 3.05) is 0 Å². The van der Waals surface area contributed by atoms with Gasteiger partial charge in [-0.2, -0.15) is 0 Å². The first-order chi connectivity index (χ1) is 7.76. The van der Waals surface area contributed by atoms with Crippen molar-refractivity contribution in [2.24, 2.45) is 17.3 Å². The van der Waals surface area contributed by atoms with Crippen molar-refractivity contribution in [2.45, 2.75) is 13.8 Å². The zero-order chi connectivity index (χ0) is 13.8. The molecule has 0 rings (SSSR count). The third-order valence-corrected chi connectivity index (χ3v) is 2.98. The average Bonchev–Trinajstić information content (AvgIpc) is 2.28. The minimum atomic E-state index is -1.85. The van der Waals surface area contributed by atoms with Gasteiger partial charge in [-0.05, 0) is 13.8 Å². The SMILES string of the molecule is C#CC(C)C(C(=C)C(=O)O)(C(=O)O)C(C)C#C. The maximum Gasteiger partial charge on any atom is 0.332 e. The van der Waals surface area contributed by atoms with Gasteiger partial charge in [0.15, 0.2) is 0 Å². The molecule has 0 aromatic carbocycles. The first-order valence-corrected chi connectivity index (χ1v) is 4.85. The smallest absolute Gasteiger partial charge is 0.332 e. The lowest BCUT2D eigenvalue weighted by molar-refractivity contribution is -0.153. The van der Waals surface area contributed by atoms with Gasteiger partial charge in [-0.1, -0.05) is 6.58 Å². The van der Waals surface area contributed by atoms with E-state index in [0.29, 0.717) is 0 Å². The summed E-state index contributed by atoms with van der Waals surface area (Å²) in [6.07, 6.45) is 10.4. The Bertz CT molecular complexity index is 413. The normalized spacial score (nSPS) is 16.7. The molecule has 0 aromatic heterocycles. The van der Waals surface area contributed by atoms with Gasteiger partial charge in [0.05, 0.1) is 0 Å². The van der Waals surface area contributed by atoms with Crippen molar-refractivity contribution in [3.8, 4) is 24.7 Å². The van der Waals surface area contributed by atoms with Crippen LogP contribution in [-0.4, -0.2) is 22.2 Å². The standard InChI is InChI=1S/C13H14O4/c1-6-8(3)13(12(16)17,9(4)7-2)10(5)11(14)15/h1-2,8-9H,5H2,3-4H3,(H,14,15)(H,16,17). The minimum Gasteiger partial charge on any atom is -0.481 e. The molecule has 2 unspecified atom stereocenters. The second kappa shape index (κ2) is 5.23. The van der Waals surface area contributed by atoms with Crippen LogP contribution >= 0.6 is 0 Å². The first-order valence-electron chi connectivity index (χ1n) is 4.85. The molecule has 4 heteroatoms. The van der Waals surface area contributed by atoms with E-state index in [9.17, 15) is 14.7 Å². The second-order valence-corrected chi connectivity index (χ2v) is 3.73. The second-order valence-electron chi connectivity index (χ2n) is 3.73. The molecule has 0 aromatic rings. The van der Waals surface area contributed by atoms with Crippen molar-refractivity contribution in [3.63, 3.8) is 0 Å². The molecule has 0 radical (unpaired) electrons. The fourth-order valence-corrected chi connectivity index (χ4v) is 1.84. The van der Waals surface area contributed by atoms with E-state index in [1.165, 1.54) is 13.8 Å². The monoisotopic (exact) mass is 234 g/mol. The van der Waals surface area contributed by atoms with Crippen LogP contribution in [0.15, 0.2) is 12.2 Å². The average molecular weight is 234 g/mol. The summed E-state index contributed by atoms with van der Waals surface area (Å²) in [7, 11) is 0. The van der Waals surface area contributed by atoms with Gasteiger partial charge in [0.1, 0.15) is 5.41 Å². The summed E-state index contributed by atoms with van der Waals surface area (Å²) < 4.78 is 0. The number of hydrogen-bond donors (Lipinski definition) is 2. The highest BCUT2D eigenvalue weighted by Crippen LogP contribution is 2.42. The molecule has 0 fully saturated rings. The summed E-state index contributed by atoms with van der Waals surface area (Å²) in [6, 6.07) is 0. The van der Waals surface area contributed by atoms with E-state index in [1.807, 2.05) is 0 Å². The molecule has 0 saturated carbocycles. The fourth-order valence-electron chi connectivity index (χ4n) is 1.84. The zero-order valence-corrected chi connectivity index (χ0v) is 9.73. The molecule has 0 spiro atoms. The fraction of sp³-hybridized carbons (Fsp3) is 0.385. The molecular weight excluding hydrogens is 220 g/mol. The first kappa shape index (κ1) is 14.8. The van der Waals surface area contributed by atoms with E-state index in [0.717, 1.165) is 0 Å². The van der Waals surface area contributed by atoms with Gasteiger partial charge in [0.25, 0.3) is 0 Å². The summed E-state index contributed by atoms with van der Waals surface area (Å²) in [4.78, 5) is 22.4. The number of carboxylic acids is 2. The number of carbonyl (C=O) groups is 2. The van der Waals surface area contributed by atoms with Crippen molar-refractivity contribution in [3.05, 3.63) is 12.2 Å². The molecule has 4 nitrogen and oxygen atoms in total. The molecule has 0 saturated heterocycles. The lowest BCUT2D eigenvalue weighted by Gasteiger charge is -2.35. The van der Waals surface area contributed by atoms with E-state index >= 15 is 0 Å². The molecule has 2 N–H and O–H groups in total. The molecule has 0 aliphatic rings. The Morgan fingerprint density at radius 2 is 1.53 bits per heavy atom. The summed E-state index contributed by atoms with van der Waals surface area (Å²) in [5.74, 6) is -0.0787. The van der Waals surface area contributed by atoms with Crippen LogP contribution in [0, 0.1) is 41.9 Å². The molecule has 0 amide bonds. The van der Waals surface area contributed by atoms with Crippen molar-refractivity contribution >= 4 is 11.9 Å². The molecular formula is C13H14O4. The highest BCUT2D eigenvalue weighted by molar-refractivity contribution is 5.97. The summed E-state index contributed by atoms with van der Waals surface area (Å²) in [5.41, 5.74) is -2.35. The van der Waals surface area contributed by atoms with Gasteiger partial charge in [0.2, 0.25) is 0 Å². The molecule has 2 atom stereocenters. The van der Waals surface area contributed by atoms with E-state index in [1.54, 1.807) is 0 Å². The number of carboxylic acid groups (broad SMARTS) is 2. The minimum absolute atomic E-state index is 0.499. The predicted octanol–water partition coefficient (Wildman–Crippen LogP) is 1.24. The number of hydrogen-bond acceptors (Lipinski definition) is 2. The Morgan fingerprint density at radius 3 is 1.71 bits per heavy atom. The maximum atomic E-state index is 11.5. The number of terminal acetylenes is 2. The van der Waals surface area contributed by atoms with E-state index < -0.39 is 34.8 Å². The highest BCUT2D eigenvalue weighted by atomic mass is 16.4. The Morgan fingerprint density at radius 1 is 1.18 bits per heavy atom. The molecule has 0 aliphatic heterocycles. The Balaban J connectivity index is 6.06. The van der Waals surface area contributed by atoms with Crippen molar-refractivity contribution in [1.29, 1.82) is 0 Å². The predicted molar refractivity (Wildman–Crippen MR) is 62.8 cm³/mol. The van der Waals surface area contributed by atoms with Crippen LogP contribution in [-0.2, 0) is 9.59 Å². The molecule has 0 heterocycles. The quantitative estimate of drug-likeness (QED) is 0.554. The third kappa shape index (κ3) is 2.16. The highest BCUT2D eigenvalue weighted by Gasteiger charge is 2.52. The van der Waals surface area contributed by atoms with Gasteiger partial charge in [-0.15, -0.1) is 24.7 Å². The van der Waals surface area contributed by atoms with Crippen LogP contribution in [0.4, 0.5) is 0 Å². The van der Waals surface area contributed by atoms with Crippen molar-refractivity contribution < 1.29 is 19.8 Å². The van der Waals surface area contributed by atoms with Gasteiger partial charge in [-0.25, -0.2) is 4.79 Å². The number of aliphatic carboxylic acids is 2. The summed E-state index contributed by atoms with van der Waals surface area (Å²) >= 11 is 0. The third-order valence-electron chi connectivity index (χ3n) is 2.98. The molecule has 0 bridgehead atoms. The van der Waals surface area contributed by atoms with E-state index in [4.69, 9.17) is 18.0 Å². The van der Waals surface area contributed by atoms with Crippen LogP contribution in [0.3, 0.4) is 0 Å². The largest absolute Gasteiger partial charge is 0.481 e. The molecule has 0 aliphatic carbocycles. The lowest BCUT2D eigenvalue weighted by Crippen LogP contribution is -2.45. The topological polar surface area (TPSA) is 74.6 Å². The Hall–Kier alpha value is -2.20. The van der Waals surface area contributed by atoms with Gasteiger partial charge in [-0.3, -0.25) is 4.79 Å². The van der Waals surface area contributed by atoms with Crippen LogP contribution in [0.1, 0.15) is 13.8 Å². The van der Waals surface area contributed by atoms with Crippen LogP contribution in [0.2, 0.25) is 0 Å². The zero-order valence-electron chi connectivity index (χ0n) is 9.73. The van der Waals surface area contributed by atoms with Gasteiger partial charge in [0, 0.05) is 17.4 Å². The number of rotatable bonds is 5. The Labute approximate surface area is 100 Å². The molecule has 17 heavy (non-hydrogen) atoms. The van der Waals surface area contributed by atoms with E-state index in [2.05, 4.69) is 18.4 Å². The van der Waals surface area contributed by atoms with E-state index in [-0.39, 0.29) is 0 Å². The van der Waals surface area contributed by atoms with Crippen LogP contribution in [0.5, 0.6) is 0 Å². The maximum absolute atomic E-state index is 11.5. The Kier molecular flexibility index (Phi) is 4.55. The lowest BCUT2D eigenvalue weighted by atomic mass is 9.63. The van der Waals surface area contributed by atoms with Crippen molar-refractivity contribution in [1.82, 2.24) is 0 Å². The van der Waals surface area contributed by atoms with Gasteiger partial charge < -0.3 is 10.2 Å². The van der Waals surface area contributed by atoms with Crippen LogP contribution < -0.4 is 0 Å². The molecule has 90 valence electrons.